The molecular weight excluding hydrogens is 212 g/mol. The fourth-order valence-corrected chi connectivity index (χ4v) is 2.53. The molecule has 0 aliphatic heterocycles. The Morgan fingerprint density at radius 1 is 1.35 bits per heavy atom. The van der Waals surface area contributed by atoms with Gasteiger partial charge < -0.3 is 10.1 Å². The maximum atomic E-state index is 5.24. The van der Waals surface area contributed by atoms with Gasteiger partial charge in [0.05, 0.1) is 6.61 Å². The molecule has 1 saturated carbocycles. The molecule has 1 aliphatic rings. The van der Waals surface area contributed by atoms with E-state index in [1.54, 1.807) is 7.11 Å². The second kappa shape index (κ2) is 8.06. The van der Waals surface area contributed by atoms with E-state index in [9.17, 15) is 0 Å². The Morgan fingerprint density at radius 2 is 2.06 bits per heavy atom. The van der Waals surface area contributed by atoms with Gasteiger partial charge in [0.25, 0.3) is 0 Å². The first-order chi connectivity index (χ1) is 8.20. The topological polar surface area (TPSA) is 24.5 Å². The van der Waals surface area contributed by atoms with Crippen LogP contribution in [0.1, 0.15) is 40.0 Å². The summed E-state index contributed by atoms with van der Waals surface area (Å²) >= 11 is 0. The van der Waals surface area contributed by atoms with Crippen molar-refractivity contribution in [3.05, 3.63) is 0 Å². The second-order valence-corrected chi connectivity index (χ2v) is 5.30. The molecule has 3 heteroatoms. The average molecular weight is 242 g/mol. The molecule has 1 rings (SSSR count). The number of rotatable bonds is 10. The number of ether oxygens (including phenoxy) is 1. The third-order valence-corrected chi connectivity index (χ3v) is 3.94. The highest BCUT2D eigenvalue weighted by Gasteiger charge is 2.33. The molecule has 0 aromatic heterocycles. The van der Waals surface area contributed by atoms with E-state index in [2.05, 4.69) is 31.0 Å². The zero-order valence-electron chi connectivity index (χ0n) is 12.0. The second-order valence-electron chi connectivity index (χ2n) is 5.30. The lowest BCUT2D eigenvalue weighted by atomic mass is 10.1. The van der Waals surface area contributed by atoms with Gasteiger partial charge in [-0.25, -0.2) is 0 Å². The van der Waals surface area contributed by atoms with Crippen LogP contribution in [-0.4, -0.2) is 50.3 Å². The summed E-state index contributed by atoms with van der Waals surface area (Å²) < 4.78 is 5.24. The van der Waals surface area contributed by atoms with Crippen molar-refractivity contribution in [3.63, 3.8) is 0 Å². The van der Waals surface area contributed by atoms with E-state index in [0.717, 1.165) is 38.2 Å². The van der Waals surface area contributed by atoms with Crippen molar-refractivity contribution in [3.8, 4) is 0 Å². The van der Waals surface area contributed by atoms with Gasteiger partial charge in [0.15, 0.2) is 0 Å². The zero-order valence-corrected chi connectivity index (χ0v) is 12.0. The van der Waals surface area contributed by atoms with Crippen molar-refractivity contribution < 1.29 is 4.74 Å². The highest BCUT2D eigenvalue weighted by atomic mass is 16.5. The van der Waals surface area contributed by atoms with Crippen LogP contribution in [-0.2, 0) is 4.74 Å². The molecule has 0 amide bonds. The molecule has 1 aliphatic carbocycles. The molecular formula is C14H30N2O. The maximum absolute atomic E-state index is 5.24. The molecule has 1 N–H and O–H groups in total. The fraction of sp³-hybridized carbons (Fsp3) is 1.00. The van der Waals surface area contributed by atoms with Crippen LogP contribution in [0.3, 0.4) is 0 Å². The summed E-state index contributed by atoms with van der Waals surface area (Å²) in [6.07, 6.45) is 4.07. The lowest BCUT2D eigenvalue weighted by molar-refractivity contribution is 0.0841. The molecule has 3 nitrogen and oxygen atoms in total. The van der Waals surface area contributed by atoms with E-state index in [4.69, 9.17) is 4.74 Å². The van der Waals surface area contributed by atoms with Gasteiger partial charge in [-0.15, -0.1) is 0 Å². The van der Waals surface area contributed by atoms with E-state index in [-0.39, 0.29) is 0 Å². The van der Waals surface area contributed by atoms with E-state index >= 15 is 0 Å². The number of methoxy groups -OCH3 is 1. The molecule has 2 unspecified atom stereocenters. The van der Waals surface area contributed by atoms with Crippen LogP contribution in [0, 0.1) is 5.92 Å². The van der Waals surface area contributed by atoms with E-state index in [1.807, 2.05) is 0 Å². The van der Waals surface area contributed by atoms with Crippen LogP contribution in [0.2, 0.25) is 0 Å². The highest BCUT2D eigenvalue weighted by Crippen LogP contribution is 2.35. The van der Waals surface area contributed by atoms with E-state index < -0.39 is 0 Å². The van der Waals surface area contributed by atoms with Gasteiger partial charge in [0, 0.05) is 25.7 Å². The predicted octanol–water partition coefficient (Wildman–Crippen LogP) is 2.12. The minimum Gasteiger partial charge on any atom is -0.383 e. The third-order valence-electron chi connectivity index (χ3n) is 3.94. The zero-order chi connectivity index (χ0) is 12.7. The van der Waals surface area contributed by atoms with Crippen LogP contribution in [0.4, 0.5) is 0 Å². The Labute approximate surface area is 107 Å². The quantitative estimate of drug-likeness (QED) is 0.594. The average Bonchev–Trinajstić information content (AvgIpc) is 3.13. The Morgan fingerprint density at radius 3 is 2.59 bits per heavy atom. The summed E-state index contributed by atoms with van der Waals surface area (Å²) in [6, 6.07) is 1.38. The molecule has 0 aromatic carbocycles. The summed E-state index contributed by atoms with van der Waals surface area (Å²) in [7, 11) is 1.79. The molecule has 17 heavy (non-hydrogen) atoms. The molecule has 0 heterocycles. The van der Waals surface area contributed by atoms with Gasteiger partial charge in [0.1, 0.15) is 0 Å². The Kier molecular flexibility index (Phi) is 7.09. The number of hydrogen-bond acceptors (Lipinski definition) is 3. The van der Waals surface area contributed by atoms with Crippen LogP contribution in [0.15, 0.2) is 0 Å². The van der Waals surface area contributed by atoms with Gasteiger partial charge in [0.2, 0.25) is 0 Å². The summed E-state index contributed by atoms with van der Waals surface area (Å²) in [4.78, 5) is 2.64. The predicted molar refractivity (Wildman–Crippen MR) is 73.4 cm³/mol. The molecule has 1 fully saturated rings. The molecule has 0 aromatic rings. The smallest absolute Gasteiger partial charge is 0.0589 e. The normalized spacial score (nSPS) is 19.6. The van der Waals surface area contributed by atoms with Crippen molar-refractivity contribution in [1.29, 1.82) is 0 Å². The molecule has 0 bridgehead atoms. The molecule has 0 radical (unpaired) electrons. The van der Waals surface area contributed by atoms with Crippen molar-refractivity contribution in [2.45, 2.75) is 52.1 Å². The highest BCUT2D eigenvalue weighted by molar-refractivity contribution is 4.87. The van der Waals surface area contributed by atoms with Crippen molar-refractivity contribution in [2.75, 3.05) is 33.4 Å². The maximum Gasteiger partial charge on any atom is 0.0589 e. The van der Waals surface area contributed by atoms with Crippen molar-refractivity contribution >= 4 is 0 Å². The third kappa shape index (κ3) is 5.36. The van der Waals surface area contributed by atoms with Crippen LogP contribution in [0.25, 0.3) is 0 Å². The SMILES string of the molecule is CCNCCC(C)N(CCOC)C(C)C1CC1. The summed E-state index contributed by atoms with van der Waals surface area (Å²) in [6.45, 7) is 11.0. The Hall–Kier alpha value is -0.120. The van der Waals surface area contributed by atoms with Crippen LogP contribution < -0.4 is 5.32 Å². The van der Waals surface area contributed by atoms with Gasteiger partial charge in [-0.1, -0.05) is 6.92 Å². The van der Waals surface area contributed by atoms with Crippen molar-refractivity contribution in [2.24, 2.45) is 5.92 Å². The number of nitrogens with zero attached hydrogens (tertiary/aromatic N) is 1. The summed E-state index contributed by atoms with van der Waals surface area (Å²) in [5, 5.41) is 3.42. The first-order valence-electron chi connectivity index (χ1n) is 7.16. The van der Waals surface area contributed by atoms with E-state index in [1.165, 1.54) is 19.3 Å². The van der Waals surface area contributed by atoms with Crippen LogP contribution >= 0.6 is 0 Å². The standard InChI is InChI=1S/C14H30N2O/c1-5-15-9-8-12(2)16(10-11-17-4)13(3)14-6-7-14/h12-15H,5-11H2,1-4H3. The Bertz CT molecular complexity index is 195. The summed E-state index contributed by atoms with van der Waals surface area (Å²) in [5.41, 5.74) is 0. The number of nitrogens with one attached hydrogen (secondary N) is 1. The molecule has 0 saturated heterocycles. The minimum absolute atomic E-state index is 0.653. The lowest BCUT2D eigenvalue weighted by Gasteiger charge is -2.34. The minimum atomic E-state index is 0.653. The van der Waals surface area contributed by atoms with Crippen LogP contribution in [0.5, 0.6) is 0 Å². The molecule has 102 valence electrons. The fourth-order valence-electron chi connectivity index (χ4n) is 2.53. The van der Waals surface area contributed by atoms with E-state index in [0.29, 0.717) is 6.04 Å². The van der Waals surface area contributed by atoms with Gasteiger partial charge in [-0.3, -0.25) is 4.90 Å². The van der Waals surface area contributed by atoms with Gasteiger partial charge >= 0.3 is 0 Å². The Balaban J connectivity index is 2.36. The lowest BCUT2D eigenvalue weighted by Crippen LogP contribution is -2.44. The van der Waals surface area contributed by atoms with Gasteiger partial charge in [-0.05, 0) is 52.1 Å². The number of hydrogen-bond donors (Lipinski definition) is 1. The molecule has 2 atom stereocenters. The first kappa shape index (κ1) is 14.9. The monoisotopic (exact) mass is 242 g/mol. The summed E-state index contributed by atoms with van der Waals surface area (Å²) in [5.74, 6) is 0.938. The largest absolute Gasteiger partial charge is 0.383 e. The molecule has 0 spiro atoms. The van der Waals surface area contributed by atoms with Gasteiger partial charge in [-0.2, -0.15) is 0 Å². The van der Waals surface area contributed by atoms with Crippen molar-refractivity contribution in [1.82, 2.24) is 10.2 Å². The first-order valence-corrected chi connectivity index (χ1v) is 7.16.